The first-order valence-electron chi connectivity index (χ1n) is 7.26. The van der Waals surface area contributed by atoms with E-state index < -0.39 is 12.1 Å². The van der Waals surface area contributed by atoms with Gasteiger partial charge in [0.2, 0.25) is 23.6 Å². The van der Waals surface area contributed by atoms with E-state index in [-0.39, 0.29) is 41.0 Å². The Labute approximate surface area is 170 Å². The summed E-state index contributed by atoms with van der Waals surface area (Å²) < 4.78 is 0. The first kappa shape index (κ1) is 26.5. The smallest absolute Gasteiger partial charge is 0.244 e. The zero-order valence-electron chi connectivity index (χ0n) is 14.1. The van der Waals surface area contributed by atoms with E-state index in [2.05, 4.69) is 71.8 Å². The second-order valence-electron chi connectivity index (χ2n) is 4.59. The molecule has 8 nitrogen and oxygen atoms in total. The molecule has 0 aromatic heterocycles. The third-order valence-corrected chi connectivity index (χ3v) is 3.53. The molecule has 0 heterocycles. The van der Waals surface area contributed by atoms with Gasteiger partial charge in [-0.3, -0.25) is 19.2 Å². The first-order chi connectivity index (χ1) is 11.7. The van der Waals surface area contributed by atoms with E-state index in [9.17, 15) is 19.2 Å². The molecule has 12 heteroatoms. The molecular weight excluding hydrogens is 404 g/mol. The van der Waals surface area contributed by atoms with Gasteiger partial charge in [0.25, 0.3) is 0 Å². The lowest BCUT2D eigenvalue weighted by Gasteiger charge is -2.14. The standard InChI is InChI=1S/C7H14N2O2S2.C6H12N2O2S2/c1-5(10)9-6(4-13)7(11)8-2-3-12;1-4(9)8-5(2-11)6(10)7-3-12/h6,12-13H,2-4H2,1H3,(H,8,11)(H,9,10);5,11-12H,2-3H2,1H3,(H,7,10)(H,8,9)/t;5-/m.0/s1. The van der Waals surface area contributed by atoms with Crippen molar-refractivity contribution in [3.8, 4) is 0 Å². The van der Waals surface area contributed by atoms with Gasteiger partial charge < -0.3 is 21.3 Å². The predicted molar refractivity (Wildman–Crippen MR) is 112 cm³/mol. The van der Waals surface area contributed by atoms with Crippen LogP contribution in [0, 0.1) is 0 Å². The molecule has 0 bridgehead atoms. The molecule has 0 saturated carbocycles. The second kappa shape index (κ2) is 16.7. The monoisotopic (exact) mass is 430 g/mol. The topological polar surface area (TPSA) is 116 Å². The first-order valence-corrected chi connectivity index (χ1v) is 9.79. The summed E-state index contributed by atoms with van der Waals surface area (Å²) in [7, 11) is 0. The maximum absolute atomic E-state index is 11.3. The summed E-state index contributed by atoms with van der Waals surface area (Å²) in [6.45, 7) is 3.21. The van der Waals surface area contributed by atoms with E-state index in [1.54, 1.807) is 0 Å². The maximum Gasteiger partial charge on any atom is 0.244 e. The molecule has 4 amide bonds. The molecule has 25 heavy (non-hydrogen) atoms. The number of amides is 4. The lowest BCUT2D eigenvalue weighted by molar-refractivity contribution is -0.127. The fourth-order valence-electron chi connectivity index (χ4n) is 1.38. The average Bonchev–Trinajstić information content (AvgIpc) is 2.55. The second-order valence-corrected chi connectivity index (χ2v) is 6.08. The third-order valence-electron chi connectivity index (χ3n) is 2.42. The fraction of sp³-hybridized carbons (Fsp3) is 0.692. The van der Waals surface area contributed by atoms with Gasteiger partial charge in [0.15, 0.2) is 0 Å². The van der Waals surface area contributed by atoms with Crippen molar-refractivity contribution in [2.45, 2.75) is 25.9 Å². The minimum atomic E-state index is -0.571. The molecule has 0 aliphatic carbocycles. The lowest BCUT2D eigenvalue weighted by atomic mass is 10.3. The summed E-state index contributed by atoms with van der Waals surface area (Å²) in [5, 5.41) is 10.0. The minimum absolute atomic E-state index is 0.223. The Hall–Kier alpha value is -0.720. The fourth-order valence-corrected chi connectivity index (χ4v) is 2.16. The van der Waals surface area contributed by atoms with E-state index in [0.717, 1.165) is 0 Å². The van der Waals surface area contributed by atoms with Gasteiger partial charge in [0, 0.05) is 37.7 Å². The maximum atomic E-state index is 11.3. The number of hydrogen-bond acceptors (Lipinski definition) is 8. The Bertz CT molecular complexity index is 440. The number of carbonyl (C=O) groups excluding carboxylic acids is 4. The highest BCUT2D eigenvalue weighted by Crippen LogP contribution is 1.89. The number of nitrogens with one attached hydrogen (secondary N) is 4. The van der Waals surface area contributed by atoms with Crippen LogP contribution in [0.1, 0.15) is 13.8 Å². The highest BCUT2D eigenvalue weighted by Gasteiger charge is 2.16. The minimum Gasteiger partial charge on any atom is -0.353 e. The molecule has 0 saturated heterocycles. The van der Waals surface area contributed by atoms with E-state index in [1.807, 2.05) is 0 Å². The van der Waals surface area contributed by atoms with Gasteiger partial charge in [-0.1, -0.05) is 0 Å². The number of hydrogen-bond donors (Lipinski definition) is 8. The molecule has 0 radical (unpaired) electrons. The number of carbonyl (C=O) groups is 4. The van der Waals surface area contributed by atoms with Crippen molar-refractivity contribution in [1.29, 1.82) is 0 Å². The Kier molecular flexibility index (Phi) is 17.7. The van der Waals surface area contributed by atoms with Gasteiger partial charge in [0.05, 0.1) is 5.88 Å². The average molecular weight is 431 g/mol. The van der Waals surface area contributed by atoms with Gasteiger partial charge in [-0.15, -0.1) is 0 Å². The summed E-state index contributed by atoms with van der Waals surface area (Å²) in [5.74, 6) is 0.420. The van der Waals surface area contributed by atoms with Crippen molar-refractivity contribution >= 4 is 74.1 Å². The number of thiol groups is 4. The quantitative estimate of drug-likeness (QED) is 0.175. The molecule has 0 aliphatic heterocycles. The Morgan fingerprint density at radius 2 is 1.16 bits per heavy atom. The van der Waals surface area contributed by atoms with Crippen molar-refractivity contribution in [3.63, 3.8) is 0 Å². The molecule has 4 N–H and O–H groups in total. The van der Waals surface area contributed by atoms with Crippen LogP contribution < -0.4 is 21.3 Å². The highest BCUT2D eigenvalue weighted by molar-refractivity contribution is 7.80. The van der Waals surface area contributed by atoms with E-state index >= 15 is 0 Å². The van der Waals surface area contributed by atoms with Crippen LogP contribution in [0.25, 0.3) is 0 Å². The molecule has 2 atom stereocenters. The molecule has 0 aromatic carbocycles. The van der Waals surface area contributed by atoms with Gasteiger partial charge >= 0.3 is 0 Å². The summed E-state index contributed by atoms with van der Waals surface area (Å²) in [5.41, 5.74) is 0. The van der Waals surface area contributed by atoms with Gasteiger partial charge in [0.1, 0.15) is 12.1 Å². The molecule has 0 spiro atoms. The van der Waals surface area contributed by atoms with Crippen molar-refractivity contribution in [2.75, 3.05) is 29.7 Å². The third kappa shape index (κ3) is 15.3. The SMILES string of the molecule is CC(=O)NC(CS)C(=O)NCCS.CC(=O)N[C@@H](CS)C(=O)NCS. The van der Waals surface area contributed by atoms with Gasteiger partial charge in [-0.2, -0.15) is 50.5 Å². The lowest BCUT2D eigenvalue weighted by Crippen LogP contribution is -2.47. The van der Waals surface area contributed by atoms with Crippen LogP contribution in [0.5, 0.6) is 0 Å². The van der Waals surface area contributed by atoms with Crippen molar-refractivity contribution < 1.29 is 19.2 Å². The van der Waals surface area contributed by atoms with Crippen LogP contribution in [0.2, 0.25) is 0 Å². The summed E-state index contributed by atoms with van der Waals surface area (Å²) in [6.07, 6.45) is 0. The zero-order chi connectivity index (χ0) is 19.8. The molecule has 1 unspecified atom stereocenters. The molecular formula is C13H26N4O4S4. The van der Waals surface area contributed by atoms with Crippen LogP contribution in [0.4, 0.5) is 0 Å². The van der Waals surface area contributed by atoms with Crippen LogP contribution in [-0.2, 0) is 19.2 Å². The summed E-state index contributed by atoms with van der Waals surface area (Å²) in [4.78, 5) is 43.6. The van der Waals surface area contributed by atoms with E-state index in [4.69, 9.17) is 0 Å². The van der Waals surface area contributed by atoms with Crippen LogP contribution in [0.3, 0.4) is 0 Å². The Balaban J connectivity index is 0. The highest BCUT2D eigenvalue weighted by atomic mass is 32.1. The largest absolute Gasteiger partial charge is 0.353 e. The molecule has 0 fully saturated rings. The Morgan fingerprint density at radius 3 is 1.44 bits per heavy atom. The van der Waals surface area contributed by atoms with Crippen molar-refractivity contribution in [3.05, 3.63) is 0 Å². The van der Waals surface area contributed by atoms with Crippen LogP contribution in [0.15, 0.2) is 0 Å². The molecule has 146 valence electrons. The van der Waals surface area contributed by atoms with Crippen LogP contribution in [-0.4, -0.2) is 65.4 Å². The van der Waals surface area contributed by atoms with Gasteiger partial charge in [-0.05, 0) is 0 Å². The van der Waals surface area contributed by atoms with Crippen molar-refractivity contribution in [2.24, 2.45) is 0 Å². The molecule has 0 aliphatic rings. The molecule has 0 rings (SSSR count). The normalized spacial score (nSPS) is 11.9. The zero-order valence-corrected chi connectivity index (χ0v) is 17.7. The number of rotatable bonds is 9. The van der Waals surface area contributed by atoms with E-state index in [1.165, 1.54) is 13.8 Å². The molecule has 0 aromatic rings. The van der Waals surface area contributed by atoms with Crippen molar-refractivity contribution in [1.82, 2.24) is 21.3 Å². The van der Waals surface area contributed by atoms with E-state index in [0.29, 0.717) is 12.3 Å². The van der Waals surface area contributed by atoms with Gasteiger partial charge in [-0.25, -0.2) is 0 Å². The Morgan fingerprint density at radius 1 is 0.760 bits per heavy atom. The predicted octanol–water partition coefficient (Wildman–Crippen LogP) is -1.11. The van der Waals surface area contributed by atoms with Crippen LogP contribution >= 0.6 is 50.5 Å². The summed E-state index contributed by atoms with van der Waals surface area (Å²) >= 11 is 15.6. The summed E-state index contributed by atoms with van der Waals surface area (Å²) in [6, 6.07) is -1.13.